The summed E-state index contributed by atoms with van der Waals surface area (Å²) in [6, 6.07) is 0. The highest BCUT2D eigenvalue weighted by molar-refractivity contribution is 7.43. The fraction of sp³-hybridized carbons (Fsp3) is 1.00. The van der Waals surface area contributed by atoms with Crippen LogP contribution >= 0.6 is 7.82 Å². The van der Waals surface area contributed by atoms with Crippen molar-refractivity contribution in [2.45, 2.75) is 31.0 Å². The van der Waals surface area contributed by atoms with Gasteiger partial charge in [0, 0.05) is 6.42 Å². The molecule has 0 saturated carbocycles. The van der Waals surface area contributed by atoms with Gasteiger partial charge in [0.1, 0.15) is 12.2 Å². The maximum atomic E-state index is 10.1. The SMILES string of the molecule is O=P([O-])([O-])OC[C@H]1OC(O)C[C@@H](O)[C@@H]1O. The van der Waals surface area contributed by atoms with E-state index in [9.17, 15) is 24.6 Å². The highest BCUT2D eigenvalue weighted by Crippen LogP contribution is 2.27. The monoisotopic (exact) mass is 242 g/mol. The molecule has 0 amide bonds. The summed E-state index contributed by atoms with van der Waals surface area (Å²) in [6.07, 6.45) is -5.42. The van der Waals surface area contributed by atoms with Gasteiger partial charge < -0.3 is 38.9 Å². The fourth-order valence-corrected chi connectivity index (χ4v) is 1.56. The third-order valence-corrected chi connectivity index (χ3v) is 2.41. The number of phosphoric ester groups is 1. The van der Waals surface area contributed by atoms with Crippen molar-refractivity contribution < 1.29 is 38.9 Å². The Bertz CT molecular complexity index is 252. The molecule has 0 aromatic heterocycles. The second kappa shape index (κ2) is 4.86. The molecule has 15 heavy (non-hydrogen) atoms. The number of aliphatic hydroxyl groups excluding tert-OH is 3. The zero-order valence-corrected chi connectivity index (χ0v) is 8.45. The van der Waals surface area contributed by atoms with Gasteiger partial charge in [-0.15, -0.1) is 0 Å². The van der Waals surface area contributed by atoms with Gasteiger partial charge in [0.2, 0.25) is 0 Å². The van der Waals surface area contributed by atoms with Crippen LogP contribution in [0.25, 0.3) is 0 Å². The molecule has 1 saturated heterocycles. The van der Waals surface area contributed by atoms with E-state index in [1.807, 2.05) is 0 Å². The summed E-state index contributed by atoms with van der Waals surface area (Å²) in [4.78, 5) is 20.3. The molecule has 90 valence electrons. The zero-order valence-electron chi connectivity index (χ0n) is 7.55. The van der Waals surface area contributed by atoms with Crippen molar-refractivity contribution in [1.29, 1.82) is 0 Å². The Balaban J connectivity index is 2.49. The molecule has 0 bridgehead atoms. The topological polar surface area (TPSA) is 142 Å². The Morgan fingerprint density at radius 2 is 2.00 bits per heavy atom. The molecule has 0 aromatic rings. The van der Waals surface area contributed by atoms with E-state index in [4.69, 9.17) is 5.11 Å². The van der Waals surface area contributed by atoms with Crippen molar-refractivity contribution in [2.24, 2.45) is 0 Å². The molecule has 1 fully saturated rings. The van der Waals surface area contributed by atoms with E-state index in [1.165, 1.54) is 0 Å². The Kier molecular flexibility index (Phi) is 4.21. The lowest BCUT2D eigenvalue weighted by molar-refractivity contribution is -0.345. The first kappa shape index (κ1) is 13.0. The van der Waals surface area contributed by atoms with Crippen LogP contribution in [0.3, 0.4) is 0 Å². The van der Waals surface area contributed by atoms with Crippen LogP contribution in [0.15, 0.2) is 0 Å². The van der Waals surface area contributed by atoms with E-state index in [0.717, 1.165) is 0 Å². The van der Waals surface area contributed by atoms with Crippen LogP contribution in [0.1, 0.15) is 6.42 Å². The van der Waals surface area contributed by atoms with Crippen molar-refractivity contribution in [2.75, 3.05) is 6.61 Å². The highest BCUT2D eigenvalue weighted by Gasteiger charge is 2.36. The lowest BCUT2D eigenvalue weighted by Crippen LogP contribution is -2.50. The quantitative estimate of drug-likeness (QED) is 0.436. The molecule has 0 spiro atoms. The smallest absolute Gasteiger partial charge is 0.157 e. The first-order valence-corrected chi connectivity index (χ1v) is 5.62. The first-order chi connectivity index (χ1) is 6.79. The van der Waals surface area contributed by atoms with Crippen LogP contribution in [0.2, 0.25) is 0 Å². The molecule has 3 N–H and O–H groups in total. The fourth-order valence-electron chi connectivity index (χ4n) is 1.23. The van der Waals surface area contributed by atoms with E-state index in [2.05, 4.69) is 9.26 Å². The van der Waals surface area contributed by atoms with Gasteiger partial charge in [0.05, 0.1) is 20.5 Å². The molecule has 8 nitrogen and oxygen atoms in total. The van der Waals surface area contributed by atoms with Crippen LogP contribution in [-0.4, -0.2) is 46.5 Å². The number of aliphatic hydroxyl groups is 3. The zero-order chi connectivity index (χ0) is 11.6. The molecular weight excluding hydrogens is 231 g/mol. The maximum absolute atomic E-state index is 10.1. The van der Waals surface area contributed by atoms with Gasteiger partial charge >= 0.3 is 0 Å². The molecule has 4 atom stereocenters. The lowest BCUT2D eigenvalue weighted by atomic mass is 10.0. The van der Waals surface area contributed by atoms with Gasteiger partial charge in [0.15, 0.2) is 6.29 Å². The molecule has 0 radical (unpaired) electrons. The third-order valence-electron chi connectivity index (χ3n) is 1.95. The summed E-state index contributed by atoms with van der Waals surface area (Å²) in [5.74, 6) is 0. The van der Waals surface area contributed by atoms with Crippen LogP contribution < -0.4 is 9.79 Å². The summed E-state index contributed by atoms with van der Waals surface area (Å²) in [6.45, 7) is -0.737. The van der Waals surface area contributed by atoms with Crippen LogP contribution in [-0.2, 0) is 13.8 Å². The molecule has 1 aliphatic heterocycles. The second-order valence-electron chi connectivity index (χ2n) is 3.17. The van der Waals surface area contributed by atoms with Gasteiger partial charge in [-0.2, -0.15) is 0 Å². The predicted octanol–water partition coefficient (Wildman–Crippen LogP) is -3.34. The minimum absolute atomic E-state index is 0.190. The molecule has 0 aromatic carbocycles. The van der Waals surface area contributed by atoms with Gasteiger partial charge in [-0.3, -0.25) is 0 Å². The van der Waals surface area contributed by atoms with Crippen molar-refractivity contribution >= 4 is 7.82 Å². The molecule has 0 aliphatic carbocycles. The number of rotatable bonds is 3. The van der Waals surface area contributed by atoms with Crippen LogP contribution in [0.5, 0.6) is 0 Å². The van der Waals surface area contributed by atoms with Gasteiger partial charge in [0.25, 0.3) is 0 Å². The molecular formula is C6H11O8P-2. The Labute approximate surface area is 85.3 Å². The molecule has 9 heteroatoms. The second-order valence-corrected chi connectivity index (χ2v) is 4.32. The predicted molar refractivity (Wildman–Crippen MR) is 41.1 cm³/mol. The summed E-state index contributed by atoms with van der Waals surface area (Å²) in [5.41, 5.74) is 0. The standard InChI is InChI=1S/C6H13O8P/c7-3-1-5(8)14-4(6(3)9)2-13-15(10,11)12/h3-9H,1-2H2,(H2,10,11,12)/p-2/t3-,4-,5?,6+/m1/s1. The van der Waals surface area contributed by atoms with Crippen molar-refractivity contribution in [3.8, 4) is 0 Å². The number of hydrogen-bond donors (Lipinski definition) is 3. The third kappa shape index (κ3) is 4.13. The number of ether oxygens (including phenoxy) is 1. The Morgan fingerprint density at radius 1 is 1.40 bits per heavy atom. The lowest BCUT2D eigenvalue weighted by Gasteiger charge is -2.37. The van der Waals surface area contributed by atoms with E-state index in [-0.39, 0.29) is 6.42 Å². The van der Waals surface area contributed by atoms with E-state index < -0.39 is 39.0 Å². The van der Waals surface area contributed by atoms with E-state index in [0.29, 0.717) is 0 Å². The summed E-state index contributed by atoms with van der Waals surface area (Å²) in [5, 5.41) is 27.5. The minimum Gasteiger partial charge on any atom is -0.790 e. The van der Waals surface area contributed by atoms with Gasteiger partial charge in [-0.05, 0) is 0 Å². The average molecular weight is 242 g/mol. The van der Waals surface area contributed by atoms with Crippen molar-refractivity contribution in [3.63, 3.8) is 0 Å². The summed E-state index contributed by atoms with van der Waals surface area (Å²) in [7, 11) is -5.15. The number of hydrogen-bond acceptors (Lipinski definition) is 8. The van der Waals surface area contributed by atoms with Crippen molar-refractivity contribution in [3.05, 3.63) is 0 Å². The van der Waals surface area contributed by atoms with Crippen molar-refractivity contribution in [1.82, 2.24) is 0 Å². The molecule has 1 aliphatic rings. The molecule has 1 rings (SSSR count). The largest absolute Gasteiger partial charge is 0.790 e. The minimum atomic E-state index is -5.15. The van der Waals surface area contributed by atoms with E-state index >= 15 is 0 Å². The first-order valence-electron chi connectivity index (χ1n) is 4.16. The number of phosphoric acid groups is 1. The Morgan fingerprint density at radius 3 is 2.53 bits per heavy atom. The van der Waals surface area contributed by atoms with Crippen LogP contribution in [0.4, 0.5) is 0 Å². The van der Waals surface area contributed by atoms with Gasteiger partial charge in [-0.25, -0.2) is 0 Å². The molecule has 1 heterocycles. The Hall–Kier alpha value is -0.0500. The van der Waals surface area contributed by atoms with Gasteiger partial charge in [-0.1, -0.05) is 0 Å². The molecule has 1 unspecified atom stereocenters. The highest BCUT2D eigenvalue weighted by atomic mass is 31.2. The van der Waals surface area contributed by atoms with Crippen LogP contribution in [0, 0.1) is 0 Å². The summed E-state index contributed by atoms with van der Waals surface area (Å²) < 4.78 is 18.7. The van der Waals surface area contributed by atoms with E-state index in [1.54, 1.807) is 0 Å². The maximum Gasteiger partial charge on any atom is 0.157 e. The normalized spacial score (nSPS) is 37.9. The summed E-state index contributed by atoms with van der Waals surface area (Å²) >= 11 is 0. The average Bonchev–Trinajstić information content (AvgIpc) is 2.07.